The summed E-state index contributed by atoms with van der Waals surface area (Å²) < 4.78 is 0.935. The number of fused-ring (bicyclic) bond motifs is 1. The van der Waals surface area contributed by atoms with Crippen LogP contribution in [0.2, 0.25) is 0 Å². The minimum Gasteiger partial charge on any atom is -0.325 e. The third-order valence-electron chi connectivity index (χ3n) is 3.38. The summed E-state index contributed by atoms with van der Waals surface area (Å²) in [6.45, 7) is 4.15. The molecule has 0 aliphatic rings. The Morgan fingerprint density at radius 1 is 1.35 bits per heavy atom. The molecule has 0 atom stereocenters. The number of rotatable bonds is 4. The molecule has 1 amide bonds. The van der Waals surface area contributed by atoms with E-state index in [1.807, 2.05) is 24.3 Å². The van der Waals surface area contributed by atoms with E-state index in [2.05, 4.69) is 45.1 Å². The van der Waals surface area contributed by atoms with E-state index in [-0.39, 0.29) is 5.91 Å². The lowest BCUT2D eigenvalue weighted by Gasteiger charge is -2.06. The Bertz CT molecular complexity index is 879. The largest absolute Gasteiger partial charge is 0.325 e. The van der Waals surface area contributed by atoms with Crippen LogP contribution in [0.1, 0.15) is 10.4 Å². The number of benzene rings is 1. The number of hydrogen-bond donors (Lipinski definition) is 1. The molecular weight excluding hydrogens is 394 g/mol. The Morgan fingerprint density at radius 2 is 2.17 bits per heavy atom. The van der Waals surface area contributed by atoms with Crippen LogP contribution in [0.25, 0.3) is 10.2 Å². The van der Waals surface area contributed by atoms with Crippen molar-refractivity contribution in [3.63, 3.8) is 0 Å². The first-order valence-corrected chi connectivity index (χ1v) is 9.53. The second-order valence-corrected chi connectivity index (χ2v) is 8.07. The first-order chi connectivity index (χ1) is 11.0. The van der Waals surface area contributed by atoms with E-state index in [4.69, 9.17) is 0 Å². The van der Waals surface area contributed by atoms with Crippen molar-refractivity contribution in [1.82, 2.24) is 9.97 Å². The lowest BCUT2D eigenvalue weighted by Crippen LogP contribution is -2.14. The highest BCUT2D eigenvalue weighted by Gasteiger charge is 2.13. The Kier molecular flexibility index (Phi) is 4.99. The SMILES string of the molecule is Cc1sc2ncnc(SCC(=O)Nc3cccc(Br)c3)c2c1C. The highest BCUT2D eigenvalue weighted by atomic mass is 79.9. The van der Waals surface area contributed by atoms with Gasteiger partial charge in [-0.05, 0) is 37.6 Å². The van der Waals surface area contributed by atoms with E-state index < -0.39 is 0 Å². The smallest absolute Gasteiger partial charge is 0.234 e. The van der Waals surface area contributed by atoms with E-state index >= 15 is 0 Å². The van der Waals surface area contributed by atoms with Crippen molar-refractivity contribution in [2.75, 3.05) is 11.1 Å². The van der Waals surface area contributed by atoms with Gasteiger partial charge in [-0.15, -0.1) is 11.3 Å². The Balaban J connectivity index is 1.72. The van der Waals surface area contributed by atoms with Gasteiger partial charge < -0.3 is 5.32 Å². The number of halogens is 1. The molecule has 4 nitrogen and oxygen atoms in total. The van der Waals surface area contributed by atoms with Crippen LogP contribution in [0.3, 0.4) is 0 Å². The van der Waals surface area contributed by atoms with Crippen LogP contribution in [0, 0.1) is 13.8 Å². The van der Waals surface area contributed by atoms with Crippen LogP contribution < -0.4 is 5.32 Å². The molecule has 0 aliphatic heterocycles. The fourth-order valence-corrected chi connectivity index (χ4v) is 4.47. The van der Waals surface area contributed by atoms with Crippen LogP contribution in [-0.4, -0.2) is 21.6 Å². The van der Waals surface area contributed by atoms with Gasteiger partial charge >= 0.3 is 0 Å². The molecule has 0 bridgehead atoms. The molecule has 23 heavy (non-hydrogen) atoms. The second kappa shape index (κ2) is 6.98. The van der Waals surface area contributed by atoms with Crippen molar-refractivity contribution in [1.29, 1.82) is 0 Å². The third kappa shape index (κ3) is 3.73. The number of amides is 1. The number of thioether (sulfide) groups is 1. The molecule has 7 heteroatoms. The number of carbonyl (C=O) groups excluding carboxylic acids is 1. The Morgan fingerprint density at radius 3 is 2.96 bits per heavy atom. The van der Waals surface area contributed by atoms with Crippen molar-refractivity contribution >= 4 is 60.8 Å². The predicted octanol–water partition coefficient (Wildman–Crippen LogP) is 4.80. The molecular formula is C16H14BrN3OS2. The summed E-state index contributed by atoms with van der Waals surface area (Å²) in [6.07, 6.45) is 1.56. The monoisotopic (exact) mass is 407 g/mol. The maximum Gasteiger partial charge on any atom is 0.234 e. The molecule has 118 valence electrons. The van der Waals surface area contributed by atoms with Gasteiger partial charge in [0, 0.05) is 20.4 Å². The average Bonchev–Trinajstić information content (AvgIpc) is 2.81. The van der Waals surface area contributed by atoms with Gasteiger partial charge in [0.05, 0.1) is 5.75 Å². The van der Waals surface area contributed by atoms with Gasteiger partial charge in [0.1, 0.15) is 16.2 Å². The number of nitrogens with one attached hydrogen (secondary N) is 1. The summed E-state index contributed by atoms with van der Waals surface area (Å²) in [4.78, 5) is 23.0. The number of aryl methyl sites for hydroxylation is 2. The zero-order valence-corrected chi connectivity index (χ0v) is 15.8. The molecule has 0 fully saturated rings. The van der Waals surface area contributed by atoms with Crippen LogP contribution in [-0.2, 0) is 4.79 Å². The quantitative estimate of drug-likeness (QED) is 0.498. The number of aromatic nitrogens is 2. The summed E-state index contributed by atoms with van der Waals surface area (Å²) in [5, 5.41) is 4.82. The van der Waals surface area contributed by atoms with Crippen molar-refractivity contribution in [2.24, 2.45) is 0 Å². The molecule has 0 spiro atoms. The number of hydrogen-bond acceptors (Lipinski definition) is 5. The molecule has 2 heterocycles. The van der Waals surface area contributed by atoms with Gasteiger partial charge in [-0.3, -0.25) is 4.79 Å². The molecule has 0 saturated heterocycles. The molecule has 1 N–H and O–H groups in total. The van der Waals surface area contributed by atoms with Gasteiger partial charge in [-0.2, -0.15) is 0 Å². The Hall–Kier alpha value is -1.44. The second-order valence-electron chi connectivity index (χ2n) is 4.99. The minimum absolute atomic E-state index is 0.0514. The fourth-order valence-electron chi connectivity index (χ4n) is 2.16. The van der Waals surface area contributed by atoms with E-state index in [0.29, 0.717) is 5.75 Å². The van der Waals surface area contributed by atoms with Crippen molar-refractivity contribution in [3.05, 3.63) is 45.5 Å². The maximum absolute atomic E-state index is 12.1. The number of nitrogens with zero attached hydrogens (tertiary/aromatic N) is 2. The van der Waals surface area contributed by atoms with Gasteiger partial charge in [0.15, 0.2) is 0 Å². The maximum atomic E-state index is 12.1. The average molecular weight is 408 g/mol. The van der Waals surface area contributed by atoms with Crippen molar-refractivity contribution in [3.8, 4) is 0 Å². The normalized spacial score (nSPS) is 10.9. The predicted molar refractivity (Wildman–Crippen MR) is 100 cm³/mol. The fraction of sp³-hybridized carbons (Fsp3) is 0.188. The highest BCUT2D eigenvalue weighted by Crippen LogP contribution is 2.34. The first kappa shape index (κ1) is 16.4. The lowest BCUT2D eigenvalue weighted by molar-refractivity contribution is -0.113. The van der Waals surface area contributed by atoms with Gasteiger partial charge in [-0.1, -0.05) is 33.8 Å². The topological polar surface area (TPSA) is 54.9 Å². The van der Waals surface area contributed by atoms with Crippen LogP contribution in [0.4, 0.5) is 5.69 Å². The van der Waals surface area contributed by atoms with Crippen LogP contribution in [0.5, 0.6) is 0 Å². The zero-order chi connectivity index (χ0) is 16.4. The molecule has 3 aromatic rings. The van der Waals surface area contributed by atoms with Crippen molar-refractivity contribution in [2.45, 2.75) is 18.9 Å². The molecule has 0 radical (unpaired) electrons. The van der Waals surface area contributed by atoms with Gasteiger partial charge in [-0.25, -0.2) is 9.97 Å². The van der Waals surface area contributed by atoms with Crippen LogP contribution >= 0.6 is 39.0 Å². The number of anilines is 1. The molecule has 1 aromatic carbocycles. The Labute approximate surface area is 150 Å². The summed E-state index contributed by atoms with van der Waals surface area (Å²) in [5.41, 5.74) is 1.97. The van der Waals surface area contributed by atoms with Gasteiger partial charge in [0.2, 0.25) is 5.91 Å². The summed E-state index contributed by atoms with van der Waals surface area (Å²) >= 11 is 6.49. The first-order valence-electron chi connectivity index (χ1n) is 6.93. The minimum atomic E-state index is -0.0514. The molecule has 2 aromatic heterocycles. The summed E-state index contributed by atoms with van der Waals surface area (Å²) in [6, 6.07) is 7.54. The molecule has 0 saturated carbocycles. The van der Waals surface area contributed by atoms with Gasteiger partial charge in [0.25, 0.3) is 0 Å². The third-order valence-corrected chi connectivity index (χ3v) is 5.98. The van der Waals surface area contributed by atoms with E-state index in [1.165, 1.54) is 22.2 Å². The van der Waals surface area contributed by atoms with E-state index in [1.54, 1.807) is 17.7 Å². The molecule has 0 unspecified atom stereocenters. The van der Waals surface area contributed by atoms with E-state index in [0.717, 1.165) is 25.4 Å². The highest BCUT2D eigenvalue weighted by molar-refractivity contribution is 9.10. The van der Waals surface area contributed by atoms with Crippen LogP contribution in [0.15, 0.2) is 40.1 Å². The summed E-state index contributed by atoms with van der Waals surface area (Å²) in [7, 11) is 0. The molecule has 0 aliphatic carbocycles. The number of carbonyl (C=O) groups is 1. The van der Waals surface area contributed by atoms with Crippen molar-refractivity contribution < 1.29 is 4.79 Å². The number of thiophene rings is 1. The zero-order valence-electron chi connectivity index (χ0n) is 12.6. The summed E-state index contributed by atoms with van der Waals surface area (Å²) in [5.74, 6) is 0.261. The standard InChI is InChI=1S/C16H14BrN3OS2/c1-9-10(2)23-16-14(9)15(18-8-19-16)22-7-13(21)20-12-5-3-4-11(17)6-12/h3-6,8H,7H2,1-2H3,(H,20,21). The molecule has 3 rings (SSSR count). The van der Waals surface area contributed by atoms with E-state index in [9.17, 15) is 4.79 Å². The lowest BCUT2D eigenvalue weighted by atomic mass is 10.2.